The number of hydrogen-bond acceptors (Lipinski definition) is 4. The standard InChI is InChI=1S/C13H18N4O/c1-10-14-13(16-15-10)11-4-2-6-17(8-11)9-12-5-3-7-18-12/h3,5,7,11H,2,4,6,8-9H2,1H3,(H,14,15,16)/t11-/m0/s1. The van der Waals surface area contributed by atoms with Gasteiger partial charge in [-0.1, -0.05) is 0 Å². The molecule has 3 heterocycles. The summed E-state index contributed by atoms with van der Waals surface area (Å²) in [5, 5.41) is 7.21. The van der Waals surface area contributed by atoms with Gasteiger partial charge in [0.05, 0.1) is 12.8 Å². The molecule has 0 saturated carbocycles. The van der Waals surface area contributed by atoms with E-state index in [1.807, 2.05) is 19.1 Å². The van der Waals surface area contributed by atoms with Crippen LogP contribution < -0.4 is 0 Å². The molecule has 0 unspecified atom stereocenters. The number of H-pyrrole nitrogens is 1. The van der Waals surface area contributed by atoms with Crippen molar-refractivity contribution >= 4 is 0 Å². The van der Waals surface area contributed by atoms with Crippen LogP contribution in [-0.4, -0.2) is 33.2 Å². The lowest BCUT2D eigenvalue weighted by Crippen LogP contribution is -2.34. The molecule has 1 saturated heterocycles. The van der Waals surface area contributed by atoms with Gasteiger partial charge in [0.15, 0.2) is 5.82 Å². The van der Waals surface area contributed by atoms with Crippen LogP contribution in [0.2, 0.25) is 0 Å². The summed E-state index contributed by atoms with van der Waals surface area (Å²) in [6.07, 6.45) is 4.10. The average molecular weight is 246 g/mol. The van der Waals surface area contributed by atoms with Crippen molar-refractivity contribution in [1.82, 2.24) is 20.1 Å². The molecule has 0 aromatic carbocycles. The first-order valence-corrected chi connectivity index (χ1v) is 6.45. The Morgan fingerprint density at radius 1 is 1.56 bits per heavy atom. The van der Waals surface area contributed by atoms with Crippen LogP contribution in [0, 0.1) is 6.92 Å². The zero-order chi connectivity index (χ0) is 12.4. The van der Waals surface area contributed by atoms with E-state index in [2.05, 4.69) is 20.1 Å². The van der Waals surface area contributed by atoms with Crippen molar-refractivity contribution in [3.05, 3.63) is 35.8 Å². The van der Waals surface area contributed by atoms with Crippen LogP contribution in [0.15, 0.2) is 22.8 Å². The molecule has 5 nitrogen and oxygen atoms in total. The summed E-state index contributed by atoms with van der Waals surface area (Å²) in [4.78, 5) is 6.86. The number of furan rings is 1. The molecular formula is C13H18N4O. The lowest BCUT2D eigenvalue weighted by molar-refractivity contribution is 0.183. The Morgan fingerprint density at radius 2 is 2.50 bits per heavy atom. The second-order valence-electron chi connectivity index (χ2n) is 4.93. The summed E-state index contributed by atoms with van der Waals surface area (Å²) in [5.74, 6) is 3.32. The van der Waals surface area contributed by atoms with Gasteiger partial charge in [-0.05, 0) is 38.4 Å². The van der Waals surface area contributed by atoms with E-state index in [1.165, 1.54) is 12.8 Å². The molecule has 1 aliphatic rings. The summed E-state index contributed by atoms with van der Waals surface area (Å²) in [6, 6.07) is 3.97. The molecule has 0 bridgehead atoms. The van der Waals surface area contributed by atoms with Crippen molar-refractivity contribution in [2.75, 3.05) is 13.1 Å². The number of nitrogens with zero attached hydrogens (tertiary/aromatic N) is 3. The van der Waals surface area contributed by atoms with E-state index in [0.717, 1.165) is 37.0 Å². The highest BCUT2D eigenvalue weighted by Crippen LogP contribution is 2.25. The highest BCUT2D eigenvalue weighted by Gasteiger charge is 2.24. The Kier molecular flexibility index (Phi) is 3.15. The van der Waals surface area contributed by atoms with E-state index < -0.39 is 0 Å². The number of nitrogens with one attached hydrogen (secondary N) is 1. The van der Waals surface area contributed by atoms with Crippen LogP contribution in [0.5, 0.6) is 0 Å². The van der Waals surface area contributed by atoms with E-state index in [9.17, 15) is 0 Å². The van der Waals surface area contributed by atoms with Gasteiger partial charge >= 0.3 is 0 Å². The third kappa shape index (κ3) is 2.46. The predicted molar refractivity (Wildman–Crippen MR) is 67.1 cm³/mol. The predicted octanol–water partition coefficient (Wildman–Crippen LogP) is 2.09. The van der Waals surface area contributed by atoms with Crippen molar-refractivity contribution in [3.63, 3.8) is 0 Å². The van der Waals surface area contributed by atoms with Crippen molar-refractivity contribution in [3.8, 4) is 0 Å². The zero-order valence-corrected chi connectivity index (χ0v) is 10.6. The molecule has 0 spiro atoms. The zero-order valence-electron chi connectivity index (χ0n) is 10.6. The van der Waals surface area contributed by atoms with Crippen LogP contribution in [0.1, 0.15) is 36.2 Å². The molecule has 2 aromatic heterocycles. The molecule has 1 atom stereocenters. The fraction of sp³-hybridized carbons (Fsp3) is 0.538. The summed E-state index contributed by atoms with van der Waals surface area (Å²) >= 11 is 0. The van der Waals surface area contributed by atoms with Crippen molar-refractivity contribution in [1.29, 1.82) is 0 Å². The third-order valence-electron chi connectivity index (χ3n) is 3.44. The number of rotatable bonds is 3. The van der Waals surface area contributed by atoms with E-state index in [0.29, 0.717) is 5.92 Å². The Morgan fingerprint density at radius 3 is 3.22 bits per heavy atom. The highest BCUT2D eigenvalue weighted by atomic mass is 16.3. The van der Waals surface area contributed by atoms with Crippen LogP contribution in [0.3, 0.4) is 0 Å². The van der Waals surface area contributed by atoms with E-state index in [1.54, 1.807) is 6.26 Å². The van der Waals surface area contributed by atoms with Gasteiger partial charge in [-0.2, -0.15) is 5.10 Å². The molecular weight excluding hydrogens is 228 g/mol. The van der Waals surface area contributed by atoms with Gasteiger partial charge in [0, 0.05) is 12.5 Å². The third-order valence-corrected chi connectivity index (χ3v) is 3.44. The number of aryl methyl sites for hydroxylation is 1. The lowest BCUT2D eigenvalue weighted by atomic mass is 9.97. The molecule has 1 fully saturated rings. The SMILES string of the molecule is Cc1nc([C@H]2CCCN(Cc3ccco3)C2)n[nH]1. The second-order valence-corrected chi connectivity index (χ2v) is 4.93. The van der Waals surface area contributed by atoms with Crippen LogP contribution in [0.4, 0.5) is 0 Å². The molecule has 0 amide bonds. The fourth-order valence-corrected chi connectivity index (χ4v) is 2.58. The second kappa shape index (κ2) is 4.94. The van der Waals surface area contributed by atoms with E-state index >= 15 is 0 Å². The summed E-state index contributed by atoms with van der Waals surface area (Å²) < 4.78 is 5.40. The van der Waals surface area contributed by atoms with Gasteiger partial charge in [0.2, 0.25) is 0 Å². The first kappa shape index (κ1) is 11.5. The smallest absolute Gasteiger partial charge is 0.155 e. The Hall–Kier alpha value is -1.62. The topological polar surface area (TPSA) is 58.0 Å². The van der Waals surface area contributed by atoms with Crippen LogP contribution >= 0.6 is 0 Å². The van der Waals surface area contributed by atoms with Gasteiger partial charge in [-0.15, -0.1) is 0 Å². The van der Waals surface area contributed by atoms with Crippen molar-refractivity contribution in [2.45, 2.75) is 32.2 Å². The summed E-state index contributed by atoms with van der Waals surface area (Å²) in [7, 11) is 0. The Balaban J connectivity index is 1.65. The minimum absolute atomic E-state index is 0.443. The monoisotopic (exact) mass is 246 g/mol. The summed E-state index contributed by atoms with van der Waals surface area (Å²) in [5.41, 5.74) is 0. The lowest BCUT2D eigenvalue weighted by Gasteiger charge is -2.30. The van der Waals surface area contributed by atoms with Crippen molar-refractivity contribution in [2.24, 2.45) is 0 Å². The quantitative estimate of drug-likeness (QED) is 0.901. The van der Waals surface area contributed by atoms with Crippen LogP contribution in [0.25, 0.3) is 0 Å². The number of piperidine rings is 1. The average Bonchev–Trinajstić information content (AvgIpc) is 3.01. The molecule has 96 valence electrons. The molecule has 1 N–H and O–H groups in total. The van der Waals surface area contributed by atoms with E-state index in [-0.39, 0.29) is 0 Å². The van der Waals surface area contributed by atoms with Gasteiger partial charge in [-0.3, -0.25) is 10.00 Å². The summed E-state index contributed by atoms with van der Waals surface area (Å²) in [6.45, 7) is 4.96. The molecule has 1 aliphatic heterocycles. The maximum atomic E-state index is 5.40. The molecule has 18 heavy (non-hydrogen) atoms. The van der Waals surface area contributed by atoms with Gasteiger partial charge in [0.1, 0.15) is 11.6 Å². The number of hydrogen-bond donors (Lipinski definition) is 1. The minimum atomic E-state index is 0.443. The Labute approximate surface area is 106 Å². The first-order chi connectivity index (χ1) is 8.81. The fourth-order valence-electron chi connectivity index (χ4n) is 2.58. The normalized spacial score (nSPS) is 21.3. The maximum absolute atomic E-state index is 5.40. The van der Waals surface area contributed by atoms with Crippen molar-refractivity contribution < 1.29 is 4.42 Å². The highest BCUT2D eigenvalue weighted by molar-refractivity contribution is 5.02. The number of aromatic amines is 1. The molecule has 3 rings (SSSR count). The molecule has 0 radical (unpaired) electrons. The minimum Gasteiger partial charge on any atom is -0.468 e. The van der Waals surface area contributed by atoms with Gasteiger partial charge in [-0.25, -0.2) is 4.98 Å². The molecule has 2 aromatic rings. The van der Waals surface area contributed by atoms with Gasteiger partial charge < -0.3 is 4.42 Å². The largest absolute Gasteiger partial charge is 0.468 e. The number of aromatic nitrogens is 3. The van der Waals surface area contributed by atoms with E-state index in [4.69, 9.17) is 4.42 Å². The van der Waals surface area contributed by atoms with Crippen LogP contribution in [-0.2, 0) is 6.54 Å². The van der Waals surface area contributed by atoms with Gasteiger partial charge in [0.25, 0.3) is 0 Å². The molecule has 0 aliphatic carbocycles. The first-order valence-electron chi connectivity index (χ1n) is 6.45. The molecule has 5 heteroatoms. The number of likely N-dealkylation sites (tertiary alicyclic amines) is 1. The Bertz CT molecular complexity index is 491. The maximum Gasteiger partial charge on any atom is 0.155 e.